The van der Waals surface area contributed by atoms with Crippen LogP contribution >= 0.6 is 0 Å². The molecule has 2 aromatic carbocycles. The minimum atomic E-state index is -0.420. The highest BCUT2D eigenvalue weighted by atomic mass is 16.5. The highest BCUT2D eigenvalue weighted by Gasteiger charge is 2.31. The Morgan fingerprint density at radius 1 is 1.10 bits per heavy atom. The lowest BCUT2D eigenvalue weighted by molar-refractivity contribution is 0.101. The molecule has 2 aromatic heterocycles. The van der Waals surface area contributed by atoms with Gasteiger partial charge in [-0.3, -0.25) is 9.78 Å². The Kier molecular flexibility index (Phi) is 3.67. The maximum atomic E-state index is 12.8. The number of fused-ring (bicyclic) bond motifs is 2. The number of ether oxygens (including phenoxy) is 1. The molecular formula is C23H16N2O4. The SMILES string of the molecule is Cn1cc(C=C2Oc3cc(O)cc(O)c3C2=O)c2c(-c3ccncc3)cccc21. The summed E-state index contributed by atoms with van der Waals surface area (Å²) in [6.45, 7) is 0. The second-order valence-electron chi connectivity index (χ2n) is 6.91. The molecule has 0 saturated carbocycles. The first-order valence-electron chi connectivity index (χ1n) is 9.01. The van der Waals surface area contributed by atoms with Gasteiger partial charge in [0.05, 0.1) is 0 Å². The Labute approximate surface area is 165 Å². The van der Waals surface area contributed by atoms with Crippen LogP contribution in [0, 0.1) is 0 Å². The van der Waals surface area contributed by atoms with E-state index in [1.54, 1.807) is 18.5 Å². The van der Waals surface area contributed by atoms with E-state index in [0.29, 0.717) is 0 Å². The van der Waals surface area contributed by atoms with Crippen molar-refractivity contribution in [1.82, 2.24) is 9.55 Å². The highest BCUT2D eigenvalue weighted by Crippen LogP contribution is 2.41. The Morgan fingerprint density at radius 3 is 2.69 bits per heavy atom. The van der Waals surface area contributed by atoms with Crippen LogP contribution in [0.15, 0.2) is 66.8 Å². The third-order valence-electron chi connectivity index (χ3n) is 5.06. The zero-order valence-corrected chi connectivity index (χ0v) is 15.5. The van der Waals surface area contributed by atoms with Crippen molar-refractivity contribution < 1.29 is 19.7 Å². The third kappa shape index (κ3) is 2.65. The fourth-order valence-electron chi connectivity index (χ4n) is 3.78. The number of hydrogen-bond acceptors (Lipinski definition) is 5. The number of hydrogen-bond donors (Lipinski definition) is 2. The lowest BCUT2D eigenvalue weighted by Crippen LogP contribution is -1.98. The number of rotatable bonds is 2. The quantitative estimate of drug-likeness (QED) is 0.504. The molecule has 0 fully saturated rings. The molecule has 5 rings (SSSR count). The molecule has 0 aliphatic carbocycles. The van der Waals surface area contributed by atoms with Crippen LogP contribution < -0.4 is 4.74 Å². The summed E-state index contributed by atoms with van der Waals surface area (Å²) in [6.07, 6.45) is 7.08. The maximum Gasteiger partial charge on any atom is 0.235 e. The number of benzene rings is 2. The Hall–Kier alpha value is -4.06. The molecule has 0 spiro atoms. The van der Waals surface area contributed by atoms with Crippen molar-refractivity contribution >= 4 is 22.8 Å². The predicted molar refractivity (Wildman–Crippen MR) is 109 cm³/mol. The molecule has 1 aliphatic rings. The van der Waals surface area contributed by atoms with Crippen molar-refractivity contribution in [1.29, 1.82) is 0 Å². The number of aromatic nitrogens is 2. The van der Waals surface area contributed by atoms with Crippen molar-refractivity contribution in [3.05, 3.63) is 77.9 Å². The Morgan fingerprint density at radius 2 is 1.90 bits per heavy atom. The van der Waals surface area contributed by atoms with E-state index in [2.05, 4.69) is 4.98 Å². The van der Waals surface area contributed by atoms with E-state index in [1.807, 2.05) is 48.1 Å². The van der Waals surface area contributed by atoms with E-state index in [9.17, 15) is 15.0 Å². The molecule has 4 aromatic rings. The number of pyridine rings is 1. The average Bonchev–Trinajstić information content (AvgIpc) is 3.19. The van der Waals surface area contributed by atoms with Gasteiger partial charge in [-0.1, -0.05) is 12.1 Å². The number of aromatic hydroxyl groups is 2. The first-order valence-corrected chi connectivity index (χ1v) is 9.01. The third-order valence-corrected chi connectivity index (χ3v) is 5.06. The fourth-order valence-corrected chi connectivity index (χ4v) is 3.78. The van der Waals surface area contributed by atoms with E-state index < -0.39 is 5.78 Å². The summed E-state index contributed by atoms with van der Waals surface area (Å²) in [5, 5.41) is 20.7. The number of allylic oxidation sites excluding steroid dienone is 1. The molecule has 142 valence electrons. The molecular weight excluding hydrogens is 368 g/mol. The summed E-state index contributed by atoms with van der Waals surface area (Å²) < 4.78 is 7.65. The van der Waals surface area contributed by atoms with Gasteiger partial charge in [0.2, 0.25) is 5.78 Å². The van der Waals surface area contributed by atoms with Crippen molar-refractivity contribution in [3.63, 3.8) is 0 Å². The average molecular weight is 384 g/mol. The zero-order chi connectivity index (χ0) is 20.1. The number of phenols is 2. The van der Waals surface area contributed by atoms with E-state index in [-0.39, 0.29) is 28.6 Å². The van der Waals surface area contributed by atoms with Gasteiger partial charge in [0.15, 0.2) is 5.76 Å². The summed E-state index contributed by atoms with van der Waals surface area (Å²) >= 11 is 0. The molecule has 0 saturated heterocycles. The normalized spacial score (nSPS) is 14.4. The van der Waals surface area contributed by atoms with Crippen LogP contribution in [-0.4, -0.2) is 25.5 Å². The van der Waals surface area contributed by atoms with Gasteiger partial charge in [0.25, 0.3) is 0 Å². The van der Waals surface area contributed by atoms with Gasteiger partial charge >= 0.3 is 0 Å². The van der Waals surface area contributed by atoms with E-state index in [1.165, 1.54) is 6.07 Å². The number of phenolic OH excluding ortho intramolecular Hbond substituents is 2. The molecule has 0 radical (unpaired) electrons. The standard InChI is InChI=1S/C23H16N2O4/c1-25-12-14(9-20-23(28)22-18(27)10-15(26)11-19(22)29-20)21-16(3-2-4-17(21)25)13-5-7-24-8-6-13/h2-12,26-27H,1H3. The van der Waals surface area contributed by atoms with Gasteiger partial charge in [-0.15, -0.1) is 0 Å². The molecule has 0 unspecified atom stereocenters. The number of carbonyl (C=O) groups is 1. The predicted octanol–water partition coefficient (Wildman–Crippen LogP) is 4.27. The number of nitrogens with zero attached hydrogens (tertiary/aromatic N) is 2. The summed E-state index contributed by atoms with van der Waals surface area (Å²) in [5.41, 5.74) is 3.91. The van der Waals surface area contributed by atoms with Crippen LogP contribution in [0.5, 0.6) is 17.2 Å². The lowest BCUT2D eigenvalue weighted by Gasteiger charge is -2.06. The molecule has 0 bridgehead atoms. The van der Waals surface area contributed by atoms with Crippen LogP contribution in [0.1, 0.15) is 15.9 Å². The van der Waals surface area contributed by atoms with Gasteiger partial charge in [-0.05, 0) is 35.4 Å². The first kappa shape index (κ1) is 17.1. The van der Waals surface area contributed by atoms with Crippen molar-refractivity contribution in [3.8, 4) is 28.4 Å². The van der Waals surface area contributed by atoms with Crippen LogP contribution in [0.4, 0.5) is 0 Å². The Bertz CT molecular complexity index is 1320. The molecule has 0 amide bonds. The smallest absolute Gasteiger partial charge is 0.235 e. The minimum Gasteiger partial charge on any atom is -0.508 e. The summed E-state index contributed by atoms with van der Waals surface area (Å²) in [5.74, 6) is -0.647. The van der Waals surface area contributed by atoms with E-state index in [4.69, 9.17) is 4.74 Å². The maximum absolute atomic E-state index is 12.8. The molecule has 6 nitrogen and oxygen atoms in total. The monoisotopic (exact) mass is 384 g/mol. The van der Waals surface area contributed by atoms with Crippen LogP contribution in [0.3, 0.4) is 0 Å². The Balaban J connectivity index is 1.69. The number of carbonyl (C=O) groups excluding carboxylic acids is 1. The van der Waals surface area contributed by atoms with E-state index in [0.717, 1.165) is 33.7 Å². The lowest BCUT2D eigenvalue weighted by atomic mass is 9.99. The number of ketones is 1. The fraction of sp³-hybridized carbons (Fsp3) is 0.0435. The van der Waals surface area contributed by atoms with Gasteiger partial charge < -0.3 is 19.5 Å². The van der Waals surface area contributed by atoms with Crippen LogP contribution in [0.2, 0.25) is 0 Å². The molecule has 1 aliphatic heterocycles. The van der Waals surface area contributed by atoms with Gasteiger partial charge in [0.1, 0.15) is 22.8 Å². The molecule has 29 heavy (non-hydrogen) atoms. The van der Waals surface area contributed by atoms with E-state index >= 15 is 0 Å². The topological polar surface area (TPSA) is 84.6 Å². The van der Waals surface area contributed by atoms with Crippen molar-refractivity contribution in [2.45, 2.75) is 0 Å². The molecule has 2 N–H and O–H groups in total. The largest absolute Gasteiger partial charge is 0.508 e. The van der Waals surface area contributed by atoms with Gasteiger partial charge in [0, 0.05) is 54.2 Å². The van der Waals surface area contributed by atoms with Crippen LogP contribution in [0.25, 0.3) is 28.1 Å². The van der Waals surface area contributed by atoms with Crippen LogP contribution in [-0.2, 0) is 7.05 Å². The summed E-state index contributed by atoms with van der Waals surface area (Å²) in [6, 6.07) is 12.3. The molecule has 3 heterocycles. The second-order valence-corrected chi connectivity index (χ2v) is 6.91. The summed E-state index contributed by atoms with van der Waals surface area (Å²) in [7, 11) is 1.94. The highest BCUT2D eigenvalue weighted by molar-refractivity contribution is 6.17. The minimum absolute atomic E-state index is 0.0589. The number of aryl methyl sites for hydroxylation is 1. The first-order chi connectivity index (χ1) is 14.0. The zero-order valence-electron chi connectivity index (χ0n) is 15.5. The van der Waals surface area contributed by atoms with Crippen molar-refractivity contribution in [2.24, 2.45) is 7.05 Å². The molecule has 6 heteroatoms. The van der Waals surface area contributed by atoms with Gasteiger partial charge in [-0.2, -0.15) is 0 Å². The summed E-state index contributed by atoms with van der Waals surface area (Å²) in [4.78, 5) is 16.9. The second kappa shape index (κ2) is 6.24. The number of Topliss-reactive ketones (excluding diaryl/α,β-unsaturated/α-hetero) is 1. The van der Waals surface area contributed by atoms with Gasteiger partial charge in [-0.25, -0.2) is 0 Å². The molecule has 0 atom stereocenters. The van der Waals surface area contributed by atoms with Crippen molar-refractivity contribution in [2.75, 3.05) is 0 Å².